The molecule has 0 spiro atoms. The van der Waals surface area contributed by atoms with Crippen LogP contribution in [0.4, 0.5) is 0 Å². The summed E-state index contributed by atoms with van der Waals surface area (Å²) < 4.78 is 5.14. The van der Waals surface area contributed by atoms with E-state index in [4.69, 9.17) is 4.74 Å². The van der Waals surface area contributed by atoms with Crippen molar-refractivity contribution in [1.82, 2.24) is 5.32 Å². The Morgan fingerprint density at radius 1 is 1.26 bits per heavy atom. The van der Waals surface area contributed by atoms with Gasteiger partial charge in [0.05, 0.1) is 19.3 Å². The van der Waals surface area contributed by atoms with Gasteiger partial charge in [0.1, 0.15) is 5.41 Å². The Bertz CT molecular complexity index is 449. The molecule has 0 aliphatic carbocycles. The van der Waals surface area contributed by atoms with Crippen LogP contribution >= 0.6 is 0 Å². The van der Waals surface area contributed by atoms with Gasteiger partial charge in [-0.15, -0.1) is 0 Å². The van der Waals surface area contributed by atoms with E-state index in [1.54, 1.807) is 7.05 Å². The third-order valence-electron chi connectivity index (χ3n) is 3.92. The van der Waals surface area contributed by atoms with Crippen LogP contribution in [-0.4, -0.2) is 31.3 Å². The average molecular weight is 263 g/mol. The molecule has 1 unspecified atom stereocenters. The van der Waals surface area contributed by atoms with E-state index in [9.17, 15) is 9.90 Å². The van der Waals surface area contributed by atoms with Crippen LogP contribution in [-0.2, 0) is 9.53 Å². The molecule has 104 valence electrons. The molecule has 1 atom stereocenters. The fourth-order valence-corrected chi connectivity index (χ4v) is 2.57. The first kappa shape index (κ1) is 14.0. The van der Waals surface area contributed by atoms with Gasteiger partial charge in [0.25, 0.3) is 0 Å². The number of carbonyl (C=O) groups is 1. The van der Waals surface area contributed by atoms with Crippen LogP contribution in [0.2, 0.25) is 0 Å². The Morgan fingerprint density at radius 2 is 1.79 bits per heavy atom. The molecule has 1 saturated heterocycles. The maximum absolute atomic E-state index is 11.5. The molecule has 2 N–H and O–H groups in total. The summed E-state index contributed by atoms with van der Waals surface area (Å²) in [7, 11) is 1.80. The Hall–Kier alpha value is -1.39. The summed E-state index contributed by atoms with van der Waals surface area (Å²) >= 11 is 0. The summed E-state index contributed by atoms with van der Waals surface area (Å²) in [4.78, 5) is 11.5. The molecule has 0 amide bonds. The summed E-state index contributed by atoms with van der Waals surface area (Å²) in [6, 6.07) is 7.94. The minimum Gasteiger partial charge on any atom is -0.481 e. The summed E-state index contributed by atoms with van der Waals surface area (Å²) in [6.45, 7) is 4.81. The van der Waals surface area contributed by atoms with E-state index in [0.29, 0.717) is 5.92 Å². The Kier molecular flexibility index (Phi) is 3.92. The lowest BCUT2D eigenvalue weighted by molar-refractivity contribution is -0.186. The minimum absolute atomic E-state index is 0.222. The Morgan fingerprint density at radius 3 is 2.11 bits per heavy atom. The molecule has 0 bridgehead atoms. The summed E-state index contributed by atoms with van der Waals surface area (Å²) in [5, 5.41) is 12.6. The predicted octanol–water partition coefficient (Wildman–Crippen LogP) is 2.17. The van der Waals surface area contributed by atoms with Crippen LogP contribution in [0, 0.1) is 5.41 Å². The molecule has 4 nitrogen and oxygen atoms in total. The van der Waals surface area contributed by atoms with Crippen molar-refractivity contribution >= 4 is 5.97 Å². The molecule has 19 heavy (non-hydrogen) atoms. The SMILES string of the molecule is CNC(c1ccc(C(C)C)cc1)C1(C(=O)O)COC1. The third-order valence-corrected chi connectivity index (χ3v) is 3.92. The van der Waals surface area contributed by atoms with Crippen molar-refractivity contribution in [2.75, 3.05) is 20.3 Å². The summed E-state index contributed by atoms with van der Waals surface area (Å²) in [6.07, 6.45) is 0. The second kappa shape index (κ2) is 5.31. The molecule has 1 heterocycles. The number of nitrogens with one attached hydrogen (secondary N) is 1. The van der Waals surface area contributed by atoms with Crippen molar-refractivity contribution in [1.29, 1.82) is 0 Å². The molecule has 4 heteroatoms. The molecule has 0 saturated carbocycles. The van der Waals surface area contributed by atoms with Gasteiger partial charge in [-0.05, 0) is 24.1 Å². The first-order valence-electron chi connectivity index (χ1n) is 6.59. The first-order chi connectivity index (χ1) is 9.01. The molecule has 0 radical (unpaired) electrons. The molecule has 0 aromatic heterocycles. The van der Waals surface area contributed by atoms with Crippen LogP contribution in [0.1, 0.15) is 36.9 Å². The summed E-state index contributed by atoms with van der Waals surface area (Å²) in [5.41, 5.74) is 1.42. The predicted molar refractivity (Wildman–Crippen MR) is 73.2 cm³/mol. The standard InChI is InChI=1S/C15H21NO3/c1-10(2)11-4-6-12(7-5-11)13(16-3)15(14(17)18)8-19-9-15/h4-7,10,13,16H,8-9H2,1-3H3,(H,17,18). The molecular formula is C15H21NO3. The highest BCUT2D eigenvalue weighted by Gasteiger charge is 2.52. The van der Waals surface area contributed by atoms with E-state index in [0.717, 1.165) is 5.56 Å². The van der Waals surface area contributed by atoms with Gasteiger partial charge in [0.15, 0.2) is 0 Å². The second-order valence-electron chi connectivity index (χ2n) is 5.50. The largest absolute Gasteiger partial charge is 0.481 e. The van der Waals surface area contributed by atoms with E-state index >= 15 is 0 Å². The zero-order valence-electron chi connectivity index (χ0n) is 11.6. The second-order valence-corrected chi connectivity index (χ2v) is 5.50. The van der Waals surface area contributed by atoms with E-state index in [1.165, 1.54) is 5.56 Å². The van der Waals surface area contributed by atoms with Gasteiger partial charge in [-0.3, -0.25) is 4.79 Å². The topological polar surface area (TPSA) is 58.6 Å². The van der Waals surface area contributed by atoms with Gasteiger partial charge in [-0.25, -0.2) is 0 Å². The number of aliphatic carboxylic acids is 1. The summed E-state index contributed by atoms with van der Waals surface area (Å²) in [5.74, 6) is -0.325. The maximum Gasteiger partial charge on any atom is 0.316 e. The number of carboxylic acids is 1. The lowest BCUT2D eigenvalue weighted by Gasteiger charge is -2.43. The molecule has 2 rings (SSSR count). The fraction of sp³-hybridized carbons (Fsp3) is 0.533. The van der Waals surface area contributed by atoms with Gasteiger partial charge in [0, 0.05) is 0 Å². The van der Waals surface area contributed by atoms with E-state index in [-0.39, 0.29) is 19.3 Å². The van der Waals surface area contributed by atoms with Gasteiger partial charge in [-0.1, -0.05) is 38.1 Å². The third kappa shape index (κ3) is 2.38. The fourth-order valence-electron chi connectivity index (χ4n) is 2.57. The molecule has 1 aliphatic rings. The molecule has 1 fully saturated rings. The van der Waals surface area contributed by atoms with Crippen LogP contribution in [0.15, 0.2) is 24.3 Å². The highest BCUT2D eigenvalue weighted by Crippen LogP contribution is 2.41. The highest BCUT2D eigenvalue weighted by molar-refractivity contribution is 5.77. The quantitative estimate of drug-likeness (QED) is 0.855. The van der Waals surface area contributed by atoms with E-state index in [1.807, 2.05) is 12.1 Å². The van der Waals surface area contributed by atoms with Crippen molar-refractivity contribution in [3.63, 3.8) is 0 Å². The molecule has 1 aromatic rings. The van der Waals surface area contributed by atoms with Crippen LogP contribution in [0.25, 0.3) is 0 Å². The van der Waals surface area contributed by atoms with Crippen molar-refractivity contribution < 1.29 is 14.6 Å². The smallest absolute Gasteiger partial charge is 0.316 e. The first-order valence-corrected chi connectivity index (χ1v) is 6.59. The number of hydrogen-bond acceptors (Lipinski definition) is 3. The number of hydrogen-bond donors (Lipinski definition) is 2. The molecule has 1 aliphatic heterocycles. The van der Waals surface area contributed by atoms with Crippen LogP contribution in [0.5, 0.6) is 0 Å². The Labute approximate surface area is 113 Å². The van der Waals surface area contributed by atoms with Gasteiger partial charge in [-0.2, -0.15) is 0 Å². The molecular weight excluding hydrogens is 242 g/mol. The van der Waals surface area contributed by atoms with E-state index in [2.05, 4.69) is 31.3 Å². The molecule has 1 aromatic carbocycles. The number of ether oxygens (including phenoxy) is 1. The van der Waals surface area contributed by atoms with Crippen molar-refractivity contribution in [3.05, 3.63) is 35.4 Å². The number of rotatable bonds is 5. The van der Waals surface area contributed by atoms with Crippen molar-refractivity contribution in [2.45, 2.75) is 25.8 Å². The lowest BCUT2D eigenvalue weighted by atomic mass is 9.75. The van der Waals surface area contributed by atoms with Gasteiger partial charge < -0.3 is 15.2 Å². The van der Waals surface area contributed by atoms with E-state index < -0.39 is 11.4 Å². The maximum atomic E-state index is 11.5. The number of carboxylic acid groups (broad SMARTS) is 1. The zero-order chi connectivity index (χ0) is 14.0. The highest BCUT2D eigenvalue weighted by atomic mass is 16.5. The monoisotopic (exact) mass is 263 g/mol. The van der Waals surface area contributed by atoms with Gasteiger partial charge >= 0.3 is 5.97 Å². The van der Waals surface area contributed by atoms with Crippen molar-refractivity contribution in [3.8, 4) is 0 Å². The average Bonchev–Trinajstić information content (AvgIpc) is 2.33. The lowest BCUT2D eigenvalue weighted by Crippen LogP contribution is -2.56. The minimum atomic E-state index is -0.839. The zero-order valence-corrected chi connectivity index (χ0v) is 11.6. The van der Waals surface area contributed by atoms with Crippen LogP contribution in [0.3, 0.4) is 0 Å². The van der Waals surface area contributed by atoms with Crippen molar-refractivity contribution in [2.24, 2.45) is 5.41 Å². The van der Waals surface area contributed by atoms with Crippen LogP contribution < -0.4 is 5.32 Å². The Balaban J connectivity index is 2.29. The normalized spacial score (nSPS) is 18.9. The van der Waals surface area contributed by atoms with Gasteiger partial charge in [0.2, 0.25) is 0 Å². The number of benzene rings is 1.